The van der Waals surface area contributed by atoms with Crippen LogP contribution in [0.5, 0.6) is 5.75 Å². The van der Waals surface area contributed by atoms with Gasteiger partial charge in [0.1, 0.15) is 11.4 Å². The van der Waals surface area contributed by atoms with Gasteiger partial charge in [0.2, 0.25) is 0 Å². The molecule has 0 spiro atoms. The second-order valence-corrected chi connectivity index (χ2v) is 7.09. The van der Waals surface area contributed by atoms with Gasteiger partial charge in [-0.25, -0.2) is 4.79 Å². The Hall–Kier alpha value is -2.19. The van der Waals surface area contributed by atoms with Gasteiger partial charge in [0.05, 0.1) is 38.5 Å². The maximum absolute atomic E-state index is 12.5. The summed E-state index contributed by atoms with van der Waals surface area (Å²) in [7, 11) is 2.89. The zero-order valence-electron chi connectivity index (χ0n) is 14.3. The van der Waals surface area contributed by atoms with Crippen molar-refractivity contribution >= 4 is 40.2 Å². The van der Waals surface area contributed by atoms with Crippen molar-refractivity contribution < 1.29 is 24.0 Å². The molecule has 0 saturated carbocycles. The molecule has 2 heterocycles. The average Bonchev–Trinajstić information content (AvgIpc) is 2.99. The van der Waals surface area contributed by atoms with Gasteiger partial charge >= 0.3 is 5.97 Å². The SMILES string of the molecule is COC(=O)c1[nH]c2cc(OC)ccc2c1NC(=O)C[NH+]1CCSCC1. The minimum Gasteiger partial charge on any atom is -0.497 e. The summed E-state index contributed by atoms with van der Waals surface area (Å²) in [6.45, 7) is 2.35. The highest BCUT2D eigenvalue weighted by Crippen LogP contribution is 2.30. The molecule has 0 aliphatic carbocycles. The molecule has 0 radical (unpaired) electrons. The van der Waals surface area contributed by atoms with Gasteiger partial charge in [-0.1, -0.05) is 0 Å². The third kappa shape index (κ3) is 3.91. The van der Waals surface area contributed by atoms with E-state index in [4.69, 9.17) is 9.47 Å². The molecule has 3 N–H and O–H groups in total. The van der Waals surface area contributed by atoms with Gasteiger partial charge in [0.15, 0.2) is 6.54 Å². The standard InChI is InChI=1S/C17H21N3O4S/c1-23-11-3-4-12-13(9-11)18-16(17(22)24-2)15(12)19-14(21)10-20-5-7-25-8-6-20/h3-4,9,18H,5-8,10H2,1-2H3,(H,19,21)/p+1. The number of aromatic amines is 1. The monoisotopic (exact) mass is 364 g/mol. The molecular weight excluding hydrogens is 342 g/mol. The van der Waals surface area contributed by atoms with Crippen LogP contribution >= 0.6 is 11.8 Å². The van der Waals surface area contributed by atoms with Gasteiger partial charge in [-0.05, 0) is 12.1 Å². The first-order valence-corrected chi connectivity index (χ1v) is 9.27. The molecular formula is C17H22N3O4S+. The van der Waals surface area contributed by atoms with Crippen molar-refractivity contribution in [2.24, 2.45) is 0 Å². The van der Waals surface area contributed by atoms with E-state index in [1.807, 2.05) is 17.8 Å². The molecule has 8 heteroatoms. The Morgan fingerprint density at radius 2 is 2.04 bits per heavy atom. The molecule has 1 aliphatic heterocycles. The predicted octanol–water partition coefficient (Wildman–Crippen LogP) is 0.533. The third-order valence-electron chi connectivity index (χ3n) is 4.27. The van der Waals surface area contributed by atoms with Crippen LogP contribution in [0.4, 0.5) is 5.69 Å². The molecule has 25 heavy (non-hydrogen) atoms. The topological polar surface area (TPSA) is 84.9 Å². The third-order valence-corrected chi connectivity index (χ3v) is 5.26. The first-order chi connectivity index (χ1) is 12.1. The van der Waals surface area contributed by atoms with Crippen LogP contribution in [0.1, 0.15) is 10.5 Å². The zero-order chi connectivity index (χ0) is 17.8. The van der Waals surface area contributed by atoms with Crippen LogP contribution in [-0.2, 0) is 9.53 Å². The van der Waals surface area contributed by atoms with Crippen LogP contribution in [0.2, 0.25) is 0 Å². The van der Waals surface area contributed by atoms with Crippen molar-refractivity contribution in [2.45, 2.75) is 0 Å². The van der Waals surface area contributed by atoms with E-state index in [0.29, 0.717) is 23.5 Å². The van der Waals surface area contributed by atoms with Crippen LogP contribution in [0.25, 0.3) is 10.9 Å². The van der Waals surface area contributed by atoms with Gasteiger partial charge in [-0.3, -0.25) is 4.79 Å². The van der Waals surface area contributed by atoms with Crippen molar-refractivity contribution in [1.29, 1.82) is 0 Å². The first kappa shape index (κ1) is 17.6. The van der Waals surface area contributed by atoms with E-state index in [-0.39, 0.29) is 11.6 Å². The lowest BCUT2D eigenvalue weighted by Crippen LogP contribution is -3.14. The minimum atomic E-state index is -0.521. The van der Waals surface area contributed by atoms with E-state index < -0.39 is 5.97 Å². The number of rotatable bonds is 5. The second kappa shape index (κ2) is 7.79. The number of thioether (sulfide) groups is 1. The van der Waals surface area contributed by atoms with Crippen LogP contribution in [0.3, 0.4) is 0 Å². The van der Waals surface area contributed by atoms with E-state index in [1.54, 1.807) is 19.2 Å². The molecule has 1 aromatic heterocycles. The molecule has 1 saturated heterocycles. The number of anilines is 1. The highest BCUT2D eigenvalue weighted by atomic mass is 32.2. The Morgan fingerprint density at radius 1 is 1.28 bits per heavy atom. The lowest BCUT2D eigenvalue weighted by atomic mass is 10.2. The minimum absolute atomic E-state index is 0.108. The number of methoxy groups -OCH3 is 2. The van der Waals surface area contributed by atoms with Crippen LogP contribution < -0.4 is 15.0 Å². The summed E-state index contributed by atoms with van der Waals surface area (Å²) in [5.41, 5.74) is 1.40. The maximum Gasteiger partial charge on any atom is 0.356 e. The quantitative estimate of drug-likeness (QED) is 0.674. The summed E-state index contributed by atoms with van der Waals surface area (Å²) in [5.74, 6) is 2.18. The van der Waals surface area contributed by atoms with E-state index in [2.05, 4.69) is 10.3 Å². The number of H-pyrrole nitrogens is 1. The number of aromatic nitrogens is 1. The Bertz CT molecular complexity index is 784. The number of hydrogen-bond acceptors (Lipinski definition) is 5. The summed E-state index contributed by atoms with van der Waals surface area (Å²) >= 11 is 1.92. The maximum atomic E-state index is 12.5. The summed E-state index contributed by atoms with van der Waals surface area (Å²) in [6, 6.07) is 5.39. The molecule has 3 rings (SSSR count). The largest absolute Gasteiger partial charge is 0.497 e. The fraction of sp³-hybridized carbons (Fsp3) is 0.412. The molecule has 0 unspecified atom stereocenters. The van der Waals surface area contributed by atoms with Crippen molar-refractivity contribution in [3.63, 3.8) is 0 Å². The number of esters is 1. The summed E-state index contributed by atoms with van der Waals surface area (Å²) < 4.78 is 10.0. The fourth-order valence-electron chi connectivity index (χ4n) is 2.94. The number of fused-ring (bicyclic) bond motifs is 1. The number of carbonyl (C=O) groups is 2. The van der Waals surface area contributed by atoms with Gasteiger partial charge in [-0.2, -0.15) is 11.8 Å². The smallest absolute Gasteiger partial charge is 0.356 e. The van der Waals surface area contributed by atoms with Gasteiger partial charge in [-0.15, -0.1) is 0 Å². The van der Waals surface area contributed by atoms with Crippen molar-refractivity contribution in [3.05, 3.63) is 23.9 Å². The number of hydrogen-bond donors (Lipinski definition) is 3. The lowest BCUT2D eigenvalue weighted by Gasteiger charge is -2.22. The van der Waals surface area contributed by atoms with E-state index in [0.717, 1.165) is 30.0 Å². The number of quaternary nitrogens is 1. The average molecular weight is 364 g/mol. The second-order valence-electron chi connectivity index (χ2n) is 5.87. The highest BCUT2D eigenvalue weighted by molar-refractivity contribution is 7.99. The summed E-state index contributed by atoms with van der Waals surface area (Å²) in [5, 5.41) is 3.64. The Kier molecular flexibility index (Phi) is 5.50. The van der Waals surface area contributed by atoms with E-state index >= 15 is 0 Å². The molecule has 134 valence electrons. The highest BCUT2D eigenvalue weighted by Gasteiger charge is 2.23. The van der Waals surface area contributed by atoms with Gasteiger partial charge < -0.3 is 24.7 Å². The fourth-order valence-corrected chi connectivity index (χ4v) is 4.01. The summed E-state index contributed by atoms with van der Waals surface area (Å²) in [6.07, 6.45) is 0. The molecule has 0 atom stereocenters. The molecule has 2 aromatic rings. The number of benzene rings is 1. The van der Waals surface area contributed by atoms with E-state index in [9.17, 15) is 9.59 Å². The van der Waals surface area contributed by atoms with Crippen LogP contribution in [0.15, 0.2) is 18.2 Å². The molecule has 1 fully saturated rings. The first-order valence-electron chi connectivity index (χ1n) is 8.11. The Balaban J connectivity index is 1.87. The molecule has 1 aliphatic rings. The molecule has 1 aromatic carbocycles. The number of carbonyl (C=O) groups excluding carboxylic acids is 2. The van der Waals surface area contributed by atoms with Gasteiger partial charge in [0, 0.05) is 23.0 Å². The van der Waals surface area contributed by atoms with Crippen LogP contribution in [-0.4, -0.2) is 62.2 Å². The molecule has 0 bridgehead atoms. The van der Waals surface area contributed by atoms with E-state index in [1.165, 1.54) is 12.0 Å². The normalized spacial score (nSPS) is 15.1. The number of ether oxygens (including phenoxy) is 2. The summed E-state index contributed by atoms with van der Waals surface area (Å²) in [4.78, 5) is 28.8. The number of amides is 1. The van der Waals surface area contributed by atoms with Crippen molar-refractivity contribution in [2.75, 3.05) is 50.7 Å². The number of nitrogens with one attached hydrogen (secondary N) is 3. The Morgan fingerprint density at radius 3 is 2.72 bits per heavy atom. The van der Waals surface area contributed by atoms with Crippen molar-refractivity contribution in [1.82, 2.24) is 4.98 Å². The molecule has 1 amide bonds. The zero-order valence-corrected chi connectivity index (χ0v) is 15.1. The Labute approximate surface area is 150 Å². The molecule has 7 nitrogen and oxygen atoms in total. The lowest BCUT2D eigenvalue weighted by molar-refractivity contribution is -0.887. The van der Waals surface area contributed by atoms with Crippen molar-refractivity contribution in [3.8, 4) is 5.75 Å². The predicted molar refractivity (Wildman–Crippen MR) is 97.7 cm³/mol. The van der Waals surface area contributed by atoms with Crippen LogP contribution in [0, 0.1) is 0 Å². The van der Waals surface area contributed by atoms with Gasteiger partial charge in [0.25, 0.3) is 5.91 Å².